The molecule has 1 aromatic carbocycles. The predicted octanol–water partition coefficient (Wildman–Crippen LogP) is 4.13. The Kier molecular flexibility index (Phi) is 4.14. The first kappa shape index (κ1) is 16.1. The van der Waals surface area contributed by atoms with Crippen LogP contribution in [0.1, 0.15) is 30.1 Å². The van der Waals surface area contributed by atoms with Crippen molar-refractivity contribution in [3.63, 3.8) is 0 Å². The van der Waals surface area contributed by atoms with Gasteiger partial charge in [0.2, 0.25) is 0 Å². The van der Waals surface area contributed by atoms with Crippen LogP contribution in [-0.4, -0.2) is 31.3 Å². The third-order valence-corrected chi connectivity index (χ3v) is 5.36. The number of pyridine rings is 2. The maximum Gasteiger partial charge on any atom is 0.108 e. The van der Waals surface area contributed by atoms with Crippen LogP contribution in [0.5, 0.6) is 0 Å². The standard InChI is InChI=1S/C22H21N5/c1-2-5-18(6-3-1)19-8-9-21-22(24-25-27(21)16-19)20-7-4-14-26(20)15-17-10-12-23-13-11-17/h1-3,5-6,8-13,16,20H,4,7,14-15H2. The zero-order valence-corrected chi connectivity index (χ0v) is 15.1. The van der Waals surface area contributed by atoms with Crippen molar-refractivity contribution in [3.05, 3.63) is 84.4 Å². The smallest absolute Gasteiger partial charge is 0.108 e. The van der Waals surface area contributed by atoms with Gasteiger partial charge in [0, 0.05) is 30.7 Å². The Bertz CT molecular complexity index is 1040. The molecule has 5 rings (SSSR count). The summed E-state index contributed by atoms with van der Waals surface area (Å²) in [5.74, 6) is 0. The van der Waals surface area contributed by atoms with Crippen molar-refractivity contribution in [1.82, 2.24) is 24.7 Å². The average Bonchev–Trinajstić information content (AvgIpc) is 3.35. The highest BCUT2D eigenvalue weighted by Gasteiger charge is 2.29. The summed E-state index contributed by atoms with van der Waals surface area (Å²) in [6, 6.07) is 19.2. The molecule has 4 aromatic rings. The van der Waals surface area contributed by atoms with Crippen molar-refractivity contribution < 1.29 is 0 Å². The molecule has 5 nitrogen and oxygen atoms in total. The minimum Gasteiger partial charge on any atom is -0.290 e. The van der Waals surface area contributed by atoms with E-state index in [1.807, 2.05) is 23.0 Å². The zero-order valence-electron chi connectivity index (χ0n) is 15.1. The summed E-state index contributed by atoms with van der Waals surface area (Å²) >= 11 is 0. The summed E-state index contributed by atoms with van der Waals surface area (Å²) in [6.45, 7) is 2.02. The number of hydrogen-bond donors (Lipinski definition) is 0. The lowest BCUT2D eigenvalue weighted by Crippen LogP contribution is -2.23. The van der Waals surface area contributed by atoms with E-state index in [9.17, 15) is 0 Å². The van der Waals surface area contributed by atoms with Gasteiger partial charge in [0.05, 0.1) is 11.6 Å². The minimum absolute atomic E-state index is 0.318. The molecule has 0 bridgehead atoms. The van der Waals surface area contributed by atoms with Crippen molar-refractivity contribution in [2.75, 3.05) is 6.54 Å². The molecule has 4 heterocycles. The molecule has 0 radical (unpaired) electrons. The van der Waals surface area contributed by atoms with Crippen LogP contribution in [0.3, 0.4) is 0 Å². The van der Waals surface area contributed by atoms with Crippen LogP contribution in [0.25, 0.3) is 16.6 Å². The van der Waals surface area contributed by atoms with Crippen molar-refractivity contribution in [1.29, 1.82) is 0 Å². The molecule has 1 saturated heterocycles. The number of nitrogens with zero attached hydrogens (tertiary/aromatic N) is 5. The molecule has 0 amide bonds. The van der Waals surface area contributed by atoms with E-state index in [0.29, 0.717) is 6.04 Å². The molecule has 134 valence electrons. The topological polar surface area (TPSA) is 46.3 Å². The Hall–Kier alpha value is -3.05. The van der Waals surface area contributed by atoms with Crippen LogP contribution in [-0.2, 0) is 6.54 Å². The Morgan fingerprint density at radius 1 is 0.926 bits per heavy atom. The molecular weight excluding hydrogens is 334 g/mol. The van der Waals surface area contributed by atoms with Gasteiger partial charge in [0.15, 0.2) is 0 Å². The molecule has 1 aliphatic heterocycles. The summed E-state index contributed by atoms with van der Waals surface area (Å²) in [5.41, 5.74) is 5.82. The van der Waals surface area contributed by atoms with Gasteiger partial charge in [-0.05, 0) is 48.7 Å². The van der Waals surface area contributed by atoms with Crippen LogP contribution >= 0.6 is 0 Å². The minimum atomic E-state index is 0.318. The second kappa shape index (κ2) is 6.93. The number of likely N-dealkylation sites (tertiary alicyclic amines) is 1. The van der Waals surface area contributed by atoms with E-state index < -0.39 is 0 Å². The zero-order chi connectivity index (χ0) is 18.1. The molecule has 0 spiro atoms. The maximum atomic E-state index is 4.56. The number of rotatable bonds is 4. The summed E-state index contributed by atoms with van der Waals surface area (Å²) in [7, 11) is 0. The molecule has 1 aliphatic rings. The first-order valence-electron chi connectivity index (χ1n) is 9.42. The molecular formula is C22H21N5. The Balaban J connectivity index is 1.46. The van der Waals surface area contributed by atoms with Crippen molar-refractivity contribution in [2.45, 2.75) is 25.4 Å². The summed E-state index contributed by atoms with van der Waals surface area (Å²) in [5, 5.41) is 8.98. The summed E-state index contributed by atoms with van der Waals surface area (Å²) in [6.07, 6.45) is 8.11. The fourth-order valence-corrected chi connectivity index (χ4v) is 4.00. The van der Waals surface area contributed by atoms with Crippen LogP contribution < -0.4 is 0 Å². The second-order valence-electron chi connectivity index (χ2n) is 7.07. The molecule has 0 aliphatic carbocycles. The van der Waals surface area contributed by atoms with Gasteiger partial charge >= 0.3 is 0 Å². The fourth-order valence-electron chi connectivity index (χ4n) is 4.00. The number of fused-ring (bicyclic) bond motifs is 1. The highest BCUT2D eigenvalue weighted by molar-refractivity contribution is 5.66. The van der Waals surface area contributed by atoms with Crippen LogP contribution in [0, 0.1) is 0 Å². The highest BCUT2D eigenvalue weighted by atomic mass is 15.4. The molecule has 1 unspecified atom stereocenters. The molecule has 5 heteroatoms. The number of benzene rings is 1. The molecule has 1 atom stereocenters. The van der Waals surface area contributed by atoms with Crippen LogP contribution in [0.15, 0.2) is 73.2 Å². The van der Waals surface area contributed by atoms with E-state index in [1.165, 1.54) is 17.5 Å². The summed E-state index contributed by atoms with van der Waals surface area (Å²) in [4.78, 5) is 6.62. The molecule has 3 aromatic heterocycles. The van der Waals surface area contributed by atoms with Crippen molar-refractivity contribution in [2.24, 2.45) is 0 Å². The molecule has 27 heavy (non-hydrogen) atoms. The predicted molar refractivity (Wildman–Crippen MR) is 105 cm³/mol. The van der Waals surface area contributed by atoms with Gasteiger partial charge in [-0.15, -0.1) is 5.10 Å². The van der Waals surface area contributed by atoms with Gasteiger partial charge in [-0.25, -0.2) is 4.52 Å². The number of aromatic nitrogens is 4. The Morgan fingerprint density at radius 3 is 2.63 bits per heavy atom. The van der Waals surface area contributed by atoms with E-state index in [2.05, 4.69) is 74.9 Å². The van der Waals surface area contributed by atoms with Gasteiger partial charge in [0.1, 0.15) is 5.69 Å². The first-order valence-corrected chi connectivity index (χ1v) is 9.42. The van der Waals surface area contributed by atoms with E-state index in [1.54, 1.807) is 0 Å². The van der Waals surface area contributed by atoms with Gasteiger partial charge in [-0.1, -0.05) is 41.6 Å². The third-order valence-electron chi connectivity index (χ3n) is 5.36. The van der Waals surface area contributed by atoms with Crippen LogP contribution in [0.4, 0.5) is 0 Å². The molecule has 1 fully saturated rings. The SMILES string of the molecule is c1ccc(-c2ccc3c(C4CCCN4Cc4ccncc4)nnn3c2)cc1. The second-order valence-corrected chi connectivity index (χ2v) is 7.07. The lowest BCUT2D eigenvalue weighted by atomic mass is 10.1. The monoisotopic (exact) mass is 355 g/mol. The lowest BCUT2D eigenvalue weighted by Gasteiger charge is -2.23. The third kappa shape index (κ3) is 3.11. The van der Waals surface area contributed by atoms with Gasteiger partial charge < -0.3 is 0 Å². The van der Waals surface area contributed by atoms with E-state index >= 15 is 0 Å². The fraction of sp³-hybridized carbons (Fsp3) is 0.227. The van der Waals surface area contributed by atoms with Gasteiger partial charge in [-0.3, -0.25) is 9.88 Å². The van der Waals surface area contributed by atoms with E-state index in [4.69, 9.17) is 0 Å². The van der Waals surface area contributed by atoms with Gasteiger partial charge in [0.25, 0.3) is 0 Å². The summed E-state index contributed by atoms with van der Waals surface area (Å²) < 4.78 is 1.92. The largest absolute Gasteiger partial charge is 0.290 e. The van der Waals surface area contributed by atoms with Crippen molar-refractivity contribution >= 4 is 5.52 Å². The Labute approximate surface area is 158 Å². The van der Waals surface area contributed by atoms with E-state index in [0.717, 1.165) is 36.3 Å². The average molecular weight is 355 g/mol. The van der Waals surface area contributed by atoms with Crippen LogP contribution in [0.2, 0.25) is 0 Å². The molecule has 0 N–H and O–H groups in total. The van der Waals surface area contributed by atoms with Crippen molar-refractivity contribution in [3.8, 4) is 11.1 Å². The van der Waals surface area contributed by atoms with E-state index in [-0.39, 0.29) is 0 Å². The lowest BCUT2D eigenvalue weighted by molar-refractivity contribution is 0.245. The van der Waals surface area contributed by atoms with Gasteiger partial charge in [-0.2, -0.15) is 0 Å². The quantitative estimate of drug-likeness (QED) is 0.552. The number of hydrogen-bond acceptors (Lipinski definition) is 4. The first-order chi connectivity index (χ1) is 13.4. The maximum absolute atomic E-state index is 4.56. The normalized spacial score (nSPS) is 17.6. The Morgan fingerprint density at radius 2 is 1.78 bits per heavy atom. The molecule has 0 saturated carbocycles. The highest BCUT2D eigenvalue weighted by Crippen LogP contribution is 2.34.